The highest BCUT2D eigenvalue weighted by molar-refractivity contribution is 7.13. The van der Waals surface area contributed by atoms with Crippen molar-refractivity contribution in [3.63, 3.8) is 0 Å². The lowest BCUT2D eigenvalue weighted by atomic mass is 10.1. The number of nitrogens with zero attached hydrogens (tertiary/aromatic N) is 2. The first kappa shape index (κ1) is 23.1. The summed E-state index contributed by atoms with van der Waals surface area (Å²) in [6.07, 6.45) is 0. The number of carbonyl (C=O) groups excluding carboxylic acids is 2. The first-order valence-corrected chi connectivity index (χ1v) is 12.3. The van der Waals surface area contributed by atoms with E-state index in [4.69, 9.17) is 26.1 Å². The molecule has 0 fully saturated rings. The van der Waals surface area contributed by atoms with Crippen molar-refractivity contribution in [2.45, 2.75) is 13.5 Å². The Bertz CT molecular complexity index is 1400. The number of esters is 1. The molecule has 0 aliphatic carbocycles. The van der Waals surface area contributed by atoms with Crippen molar-refractivity contribution in [1.29, 1.82) is 0 Å². The summed E-state index contributed by atoms with van der Waals surface area (Å²) in [5, 5.41) is 3.46. The van der Waals surface area contributed by atoms with Crippen molar-refractivity contribution in [3.8, 4) is 27.6 Å². The second-order valence-corrected chi connectivity index (χ2v) is 9.15. The number of rotatable bonds is 6. The Morgan fingerprint density at radius 2 is 1.94 bits per heavy atom. The Labute approximate surface area is 211 Å². The first-order valence-electron chi connectivity index (χ1n) is 11.1. The summed E-state index contributed by atoms with van der Waals surface area (Å²) in [6, 6.07) is 20.4. The van der Waals surface area contributed by atoms with Gasteiger partial charge in [-0.25, -0.2) is 9.78 Å². The summed E-state index contributed by atoms with van der Waals surface area (Å²) in [5.41, 5.74) is 4.60. The minimum absolute atomic E-state index is 0.0272. The highest BCUT2D eigenvalue weighted by atomic mass is 35.5. The van der Waals surface area contributed by atoms with E-state index in [1.54, 1.807) is 24.0 Å². The number of amides is 1. The summed E-state index contributed by atoms with van der Waals surface area (Å²) in [5.74, 6) is 0.133. The van der Waals surface area contributed by atoms with Gasteiger partial charge in [-0.3, -0.25) is 4.79 Å². The molecule has 0 saturated heterocycles. The number of carbonyl (C=O) groups is 2. The SMILES string of the molecule is CCOC(=O)c1ccc(CN2C(=O)COc3ccc(-c4csc(-c5ccccc5Cl)n4)cc32)cc1. The molecule has 176 valence electrons. The minimum atomic E-state index is -0.365. The van der Waals surface area contributed by atoms with E-state index in [0.717, 1.165) is 27.4 Å². The van der Waals surface area contributed by atoms with Crippen LogP contribution in [0.3, 0.4) is 0 Å². The number of ether oxygens (including phenoxy) is 2. The van der Waals surface area contributed by atoms with Crippen molar-refractivity contribution < 1.29 is 19.1 Å². The maximum atomic E-state index is 12.8. The maximum absolute atomic E-state index is 12.8. The quantitative estimate of drug-likeness (QED) is 0.291. The number of anilines is 1. The largest absolute Gasteiger partial charge is 0.482 e. The Morgan fingerprint density at radius 3 is 2.71 bits per heavy atom. The van der Waals surface area contributed by atoms with Crippen LogP contribution in [-0.2, 0) is 16.1 Å². The molecular formula is C27H21ClN2O4S. The topological polar surface area (TPSA) is 68.7 Å². The molecule has 1 amide bonds. The number of aromatic nitrogens is 1. The number of hydrogen-bond acceptors (Lipinski definition) is 6. The van der Waals surface area contributed by atoms with Crippen LogP contribution in [0.25, 0.3) is 21.8 Å². The Kier molecular flexibility index (Phi) is 6.53. The van der Waals surface area contributed by atoms with E-state index in [9.17, 15) is 9.59 Å². The average Bonchev–Trinajstić information content (AvgIpc) is 3.36. The van der Waals surface area contributed by atoms with Crippen molar-refractivity contribution in [3.05, 3.63) is 88.3 Å². The predicted octanol–water partition coefficient (Wildman–Crippen LogP) is 6.23. The number of fused-ring (bicyclic) bond motifs is 1. The summed E-state index contributed by atoms with van der Waals surface area (Å²) in [7, 11) is 0. The summed E-state index contributed by atoms with van der Waals surface area (Å²) >= 11 is 7.86. The van der Waals surface area contributed by atoms with Gasteiger partial charge in [0.2, 0.25) is 0 Å². The third-order valence-electron chi connectivity index (χ3n) is 5.61. The van der Waals surface area contributed by atoms with Crippen molar-refractivity contribution >= 4 is 40.5 Å². The molecule has 0 saturated carbocycles. The molecule has 8 heteroatoms. The van der Waals surface area contributed by atoms with E-state index in [-0.39, 0.29) is 18.5 Å². The standard InChI is InChI=1S/C27H21ClN2O4S/c1-2-33-27(32)18-9-7-17(8-10-18)14-30-23-13-19(11-12-24(23)34-15-25(30)31)22-16-35-26(29-22)20-5-3-4-6-21(20)28/h3-13,16H,2,14-15H2,1H3. The molecule has 0 bridgehead atoms. The van der Waals surface area contributed by atoms with Crippen LogP contribution >= 0.6 is 22.9 Å². The monoisotopic (exact) mass is 504 g/mol. The number of benzene rings is 3. The molecule has 0 N–H and O–H groups in total. The number of halogens is 1. The molecule has 0 atom stereocenters. The van der Waals surface area contributed by atoms with Crippen LogP contribution in [0.4, 0.5) is 5.69 Å². The molecule has 35 heavy (non-hydrogen) atoms. The van der Waals surface area contributed by atoms with Gasteiger partial charge in [-0.15, -0.1) is 11.3 Å². The van der Waals surface area contributed by atoms with Crippen molar-refractivity contribution in [2.75, 3.05) is 18.1 Å². The smallest absolute Gasteiger partial charge is 0.338 e. The Morgan fingerprint density at radius 1 is 1.14 bits per heavy atom. The van der Waals surface area contributed by atoms with Crippen LogP contribution < -0.4 is 9.64 Å². The summed E-state index contributed by atoms with van der Waals surface area (Å²) in [6.45, 7) is 2.41. The van der Waals surface area contributed by atoms with Crippen molar-refractivity contribution in [1.82, 2.24) is 4.98 Å². The molecular weight excluding hydrogens is 484 g/mol. The van der Waals surface area contributed by atoms with E-state index in [0.29, 0.717) is 35.2 Å². The lowest BCUT2D eigenvalue weighted by Crippen LogP contribution is -2.38. The number of hydrogen-bond donors (Lipinski definition) is 0. The molecule has 3 aromatic carbocycles. The molecule has 6 nitrogen and oxygen atoms in total. The number of thiazole rings is 1. The van der Waals surface area contributed by atoms with Gasteiger partial charge in [0.05, 0.1) is 35.1 Å². The van der Waals surface area contributed by atoms with Crippen LogP contribution in [-0.4, -0.2) is 30.1 Å². The third kappa shape index (κ3) is 4.78. The van der Waals surface area contributed by atoms with E-state index in [1.165, 1.54) is 11.3 Å². The molecule has 1 aliphatic heterocycles. The molecule has 0 unspecified atom stereocenters. The molecule has 0 radical (unpaired) electrons. The van der Waals surface area contributed by atoms with Gasteiger partial charge in [0, 0.05) is 16.5 Å². The second kappa shape index (κ2) is 9.90. The van der Waals surface area contributed by atoms with E-state index in [2.05, 4.69) is 0 Å². The lowest BCUT2D eigenvalue weighted by molar-refractivity contribution is -0.121. The van der Waals surface area contributed by atoms with Gasteiger partial charge < -0.3 is 14.4 Å². The zero-order valence-corrected chi connectivity index (χ0v) is 20.4. The fourth-order valence-electron chi connectivity index (χ4n) is 3.84. The van der Waals surface area contributed by atoms with Gasteiger partial charge in [-0.2, -0.15) is 0 Å². The molecule has 2 heterocycles. The summed E-state index contributed by atoms with van der Waals surface area (Å²) < 4.78 is 10.7. The van der Waals surface area contributed by atoms with Crippen LogP contribution in [0.5, 0.6) is 5.75 Å². The van der Waals surface area contributed by atoms with E-state index < -0.39 is 0 Å². The molecule has 1 aromatic heterocycles. The second-order valence-electron chi connectivity index (χ2n) is 7.89. The van der Waals surface area contributed by atoms with Gasteiger partial charge in [0.1, 0.15) is 10.8 Å². The average molecular weight is 505 g/mol. The molecule has 4 aromatic rings. The molecule has 1 aliphatic rings. The van der Waals surface area contributed by atoms with Crippen molar-refractivity contribution in [2.24, 2.45) is 0 Å². The van der Waals surface area contributed by atoms with Crippen LogP contribution in [0.2, 0.25) is 5.02 Å². The fraction of sp³-hybridized carbons (Fsp3) is 0.148. The van der Waals surface area contributed by atoms with Crippen LogP contribution in [0.1, 0.15) is 22.8 Å². The van der Waals surface area contributed by atoms with Gasteiger partial charge in [0.25, 0.3) is 5.91 Å². The molecule has 0 spiro atoms. The van der Waals surface area contributed by atoms with Gasteiger partial charge >= 0.3 is 5.97 Å². The maximum Gasteiger partial charge on any atom is 0.338 e. The normalized spacial score (nSPS) is 12.7. The highest BCUT2D eigenvalue weighted by Gasteiger charge is 2.26. The van der Waals surface area contributed by atoms with Gasteiger partial charge in [0.15, 0.2) is 6.61 Å². The first-order chi connectivity index (χ1) is 17.0. The predicted molar refractivity (Wildman–Crippen MR) is 137 cm³/mol. The van der Waals surface area contributed by atoms with E-state index >= 15 is 0 Å². The zero-order valence-electron chi connectivity index (χ0n) is 18.9. The molecule has 5 rings (SSSR count). The zero-order chi connectivity index (χ0) is 24.4. The lowest BCUT2D eigenvalue weighted by Gasteiger charge is -2.30. The van der Waals surface area contributed by atoms with Crippen LogP contribution in [0.15, 0.2) is 72.1 Å². The Hall–Kier alpha value is -3.68. The van der Waals surface area contributed by atoms with Crippen LogP contribution in [0, 0.1) is 0 Å². The summed E-state index contributed by atoms with van der Waals surface area (Å²) in [4.78, 5) is 31.2. The van der Waals surface area contributed by atoms with E-state index in [1.807, 2.05) is 60.0 Å². The van der Waals surface area contributed by atoms with Gasteiger partial charge in [-0.1, -0.05) is 41.9 Å². The minimum Gasteiger partial charge on any atom is -0.482 e. The third-order valence-corrected chi connectivity index (χ3v) is 6.82. The highest BCUT2D eigenvalue weighted by Crippen LogP contribution is 2.39. The van der Waals surface area contributed by atoms with Gasteiger partial charge in [-0.05, 0) is 48.9 Å². The Balaban J connectivity index is 1.42. The fourth-order valence-corrected chi connectivity index (χ4v) is 4.99.